The standard InChI is InChI=1S/C9H12O2/c1-8-2-4-9(5-3-8)6-11-7-10/h2-5,10H,6-7H2,1H3. The van der Waals surface area contributed by atoms with E-state index in [4.69, 9.17) is 9.84 Å². The van der Waals surface area contributed by atoms with Gasteiger partial charge in [-0.05, 0) is 12.5 Å². The van der Waals surface area contributed by atoms with Crippen LogP contribution in [0.25, 0.3) is 0 Å². The maximum absolute atomic E-state index is 8.36. The molecular weight excluding hydrogens is 140 g/mol. The fourth-order valence-electron chi connectivity index (χ4n) is 0.848. The van der Waals surface area contributed by atoms with E-state index in [2.05, 4.69) is 0 Å². The second-order valence-electron chi connectivity index (χ2n) is 2.46. The molecule has 2 heteroatoms. The van der Waals surface area contributed by atoms with Crippen molar-refractivity contribution >= 4 is 0 Å². The van der Waals surface area contributed by atoms with Gasteiger partial charge in [-0.15, -0.1) is 0 Å². The van der Waals surface area contributed by atoms with Crippen LogP contribution in [0, 0.1) is 6.92 Å². The molecule has 0 spiro atoms. The third kappa shape index (κ3) is 2.70. The summed E-state index contributed by atoms with van der Waals surface area (Å²) in [6.45, 7) is 2.31. The van der Waals surface area contributed by atoms with E-state index in [1.54, 1.807) is 0 Å². The Kier molecular flexibility index (Phi) is 3.08. The summed E-state index contributed by atoms with van der Waals surface area (Å²) in [7, 11) is 0. The molecule has 60 valence electrons. The van der Waals surface area contributed by atoms with Gasteiger partial charge in [-0.1, -0.05) is 29.8 Å². The lowest BCUT2D eigenvalue weighted by Crippen LogP contribution is -1.93. The summed E-state index contributed by atoms with van der Waals surface area (Å²) in [6, 6.07) is 8.03. The highest BCUT2D eigenvalue weighted by atomic mass is 16.6. The average Bonchev–Trinajstić information content (AvgIpc) is 2.04. The maximum Gasteiger partial charge on any atom is 0.144 e. The van der Waals surface area contributed by atoms with Crippen LogP contribution in [0.3, 0.4) is 0 Å². The van der Waals surface area contributed by atoms with E-state index >= 15 is 0 Å². The predicted molar refractivity (Wildman–Crippen MR) is 43.1 cm³/mol. The molecule has 0 aliphatic heterocycles. The van der Waals surface area contributed by atoms with Gasteiger partial charge in [-0.3, -0.25) is 0 Å². The van der Waals surface area contributed by atoms with Crippen molar-refractivity contribution < 1.29 is 9.84 Å². The lowest BCUT2D eigenvalue weighted by Gasteiger charge is -2.00. The van der Waals surface area contributed by atoms with Gasteiger partial charge in [0.25, 0.3) is 0 Å². The summed E-state index contributed by atoms with van der Waals surface area (Å²) in [5.74, 6) is 0. The summed E-state index contributed by atoms with van der Waals surface area (Å²) in [6.07, 6.45) is 0. The van der Waals surface area contributed by atoms with E-state index < -0.39 is 0 Å². The molecular formula is C9H12O2. The van der Waals surface area contributed by atoms with Crippen LogP contribution < -0.4 is 0 Å². The molecule has 0 saturated heterocycles. The molecule has 0 unspecified atom stereocenters. The normalized spacial score (nSPS) is 10.0. The van der Waals surface area contributed by atoms with Crippen LogP contribution in [0.2, 0.25) is 0 Å². The zero-order valence-corrected chi connectivity index (χ0v) is 6.58. The Morgan fingerprint density at radius 3 is 2.45 bits per heavy atom. The summed E-state index contributed by atoms with van der Waals surface area (Å²) >= 11 is 0. The van der Waals surface area contributed by atoms with Crippen molar-refractivity contribution in [3.63, 3.8) is 0 Å². The van der Waals surface area contributed by atoms with E-state index in [0.717, 1.165) is 5.56 Å². The minimum atomic E-state index is -0.214. The molecule has 0 amide bonds. The first kappa shape index (κ1) is 8.24. The van der Waals surface area contributed by atoms with Crippen LogP contribution in [-0.4, -0.2) is 11.9 Å². The molecule has 0 radical (unpaired) electrons. The number of hydrogen-bond acceptors (Lipinski definition) is 2. The summed E-state index contributed by atoms with van der Waals surface area (Å²) < 4.78 is 4.81. The molecule has 1 aromatic carbocycles. The van der Waals surface area contributed by atoms with Gasteiger partial charge in [-0.2, -0.15) is 0 Å². The minimum absolute atomic E-state index is 0.214. The summed E-state index contributed by atoms with van der Waals surface area (Å²) in [5.41, 5.74) is 2.32. The fraction of sp³-hybridized carbons (Fsp3) is 0.333. The second kappa shape index (κ2) is 4.11. The molecule has 0 heterocycles. The zero-order valence-electron chi connectivity index (χ0n) is 6.58. The Morgan fingerprint density at radius 2 is 1.91 bits per heavy atom. The van der Waals surface area contributed by atoms with Crippen LogP contribution in [0.5, 0.6) is 0 Å². The van der Waals surface area contributed by atoms with Gasteiger partial charge in [0.15, 0.2) is 0 Å². The Hall–Kier alpha value is -0.860. The highest BCUT2D eigenvalue weighted by molar-refractivity contribution is 5.20. The molecule has 0 atom stereocenters. The molecule has 2 nitrogen and oxygen atoms in total. The first-order valence-corrected chi connectivity index (χ1v) is 3.57. The quantitative estimate of drug-likeness (QED) is 0.664. The molecule has 1 N–H and O–H groups in total. The van der Waals surface area contributed by atoms with Crippen LogP contribution in [-0.2, 0) is 11.3 Å². The van der Waals surface area contributed by atoms with Crippen molar-refractivity contribution in [1.82, 2.24) is 0 Å². The van der Waals surface area contributed by atoms with Crippen LogP contribution in [0.15, 0.2) is 24.3 Å². The smallest absolute Gasteiger partial charge is 0.144 e. The largest absolute Gasteiger partial charge is 0.371 e. The first-order valence-electron chi connectivity index (χ1n) is 3.57. The molecule has 0 bridgehead atoms. The van der Waals surface area contributed by atoms with Gasteiger partial charge in [0.1, 0.15) is 6.79 Å². The first-order chi connectivity index (χ1) is 5.33. The van der Waals surface area contributed by atoms with E-state index in [-0.39, 0.29) is 6.79 Å². The number of ether oxygens (including phenoxy) is 1. The lowest BCUT2D eigenvalue weighted by molar-refractivity contribution is -0.0112. The molecule has 0 saturated carbocycles. The Bertz CT molecular complexity index is 203. The molecule has 0 fully saturated rings. The molecule has 1 rings (SSSR count). The number of rotatable bonds is 3. The van der Waals surface area contributed by atoms with Gasteiger partial charge >= 0.3 is 0 Å². The van der Waals surface area contributed by atoms with E-state index in [1.807, 2.05) is 31.2 Å². The van der Waals surface area contributed by atoms with Crippen LogP contribution >= 0.6 is 0 Å². The SMILES string of the molecule is Cc1ccc(COCO)cc1. The van der Waals surface area contributed by atoms with Crippen molar-refractivity contribution in [2.45, 2.75) is 13.5 Å². The lowest BCUT2D eigenvalue weighted by atomic mass is 10.2. The molecule has 0 aromatic heterocycles. The van der Waals surface area contributed by atoms with Crippen molar-refractivity contribution in [1.29, 1.82) is 0 Å². The Morgan fingerprint density at radius 1 is 1.27 bits per heavy atom. The van der Waals surface area contributed by atoms with E-state index in [9.17, 15) is 0 Å². The fourth-order valence-corrected chi connectivity index (χ4v) is 0.848. The van der Waals surface area contributed by atoms with Crippen molar-refractivity contribution in [2.24, 2.45) is 0 Å². The molecule has 11 heavy (non-hydrogen) atoms. The Labute approximate surface area is 66.4 Å². The number of benzene rings is 1. The highest BCUT2D eigenvalue weighted by Gasteiger charge is 1.90. The zero-order chi connectivity index (χ0) is 8.10. The van der Waals surface area contributed by atoms with Gasteiger partial charge in [0.2, 0.25) is 0 Å². The third-order valence-corrected chi connectivity index (χ3v) is 1.48. The predicted octanol–water partition coefficient (Wildman–Crippen LogP) is 1.46. The van der Waals surface area contributed by atoms with E-state index in [1.165, 1.54) is 5.56 Å². The summed E-state index contributed by atoms with van der Waals surface area (Å²) in [4.78, 5) is 0. The second-order valence-corrected chi connectivity index (χ2v) is 2.46. The van der Waals surface area contributed by atoms with Crippen LogP contribution in [0.1, 0.15) is 11.1 Å². The molecule has 1 aromatic rings. The number of aryl methyl sites for hydroxylation is 1. The number of hydrogen-bond donors (Lipinski definition) is 1. The summed E-state index contributed by atoms with van der Waals surface area (Å²) in [5, 5.41) is 8.36. The van der Waals surface area contributed by atoms with E-state index in [0.29, 0.717) is 6.61 Å². The third-order valence-electron chi connectivity index (χ3n) is 1.48. The number of aliphatic hydroxyl groups is 1. The van der Waals surface area contributed by atoms with Gasteiger partial charge in [0, 0.05) is 0 Å². The monoisotopic (exact) mass is 152 g/mol. The molecule has 0 aliphatic rings. The van der Waals surface area contributed by atoms with Gasteiger partial charge in [-0.25, -0.2) is 0 Å². The topological polar surface area (TPSA) is 29.5 Å². The highest BCUT2D eigenvalue weighted by Crippen LogP contribution is 2.03. The van der Waals surface area contributed by atoms with Crippen molar-refractivity contribution in [2.75, 3.05) is 6.79 Å². The minimum Gasteiger partial charge on any atom is -0.371 e. The van der Waals surface area contributed by atoms with Crippen molar-refractivity contribution in [3.8, 4) is 0 Å². The average molecular weight is 152 g/mol. The van der Waals surface area contributed by atoms with Gasteiger partial charge < -0.3 is 9.84 Å². The number of aliphatic hydroxyl groups excluding tert-OH is 1. The van der Waals surface area contributed by atoms with Crippen LogP contribution in [0.4, 0.5) is 0 Å². The van der Waals surface area contributed by atoms with Crippen molar-refractivity contribution in [3.05, 3.63) is 35.4 Å². The Balaban J connectivity index is 2.52. The maximum atomic E-state index is 8.36. The van der Waals surface area contributed by atoms with Gasteiger partial charge in [0.05, 0.1) is 6.61 Å². The molecule has 0 aliphatic carbocycles.